The van der Waals surface area contributed by atoms with Crippen molar-refractivity contribution in [3.63, 3.8) is 0 Å². The minimum atomic E-state index is -1.17. The number of ether oxygens (including phenoxy) is 3. The van der Waals surface area contributed by atoms with E-state index in [9.17, 15) is 9.59 Å². The summed E-state index contributed by atoms with van der Waals surface area (Å²) in [5.41, 5.74) is 11.1. The van der Waals surface area contributed by atoms with Gasteiger partial charge in [0.05, 0.1) is 6.54 Å². The zero-order valence-electron chi connectivity index (χ0n) is 23.7. The van der Waals surface area contributed by atoms with Gasteiger partial charge in [-0.05, 0) is 68.0 Å². The van der Waals surface area contributed by atoms with Gasteiger partial charge in [0.1, 0.15) is 0 Å². The highest BCUT2D eigenvalue weighted by Crippen LogP contribution is 2.49. The van der Waals surface area contributed by atoms with Gasteiger partial charge in [-0.1, -0.05) is 54.6 Å². The van der Waals surface area contributed by atoms with Crippen molar-refractivity contribution in [2.75, 3.05) is 19.8 Å². The van der Waals surface area contributed by atoms with Gasteiger partial charge in [-0.15, -0.1) is 0 Å². The molecule has 0 radical (unpaired) electrons. The molecular weight excluding hydrogens is 506 g/mol. The number of primary amides is 1. The Labute approximate surface area is 236 Å². The average molecular weight is 546 g/mol. The number of carbonyl (C=O) groups excluding carboxylic acids is 2. The minimum absolute atomic E-state index is 0.0171. The number of carbonyl (C=O) groups is 2. The summed E-state index contributed by atoms with van der Waals surface area (Å²) in [4.78, 5) is 32.5. The van der Waals surface area contributed by atoms with E-state index in [1.807, 2.05) is 64.1 Å². The lowest BCUT2D eigenvalue weighted by Gasteiger charge is -2.36. The van der Waals surface area contributed by atoms with E-state index in [4.69, 9.17) is 19.9 Å². The number of nitrogens with zero attached hydrogens (tertiary/aromatic N) is 2. The molecule has 40 heavy (non-hydrogen) atoms. The van der Waals surface area contributed by atoms with Crippen LogP contribution in [0.15, 0.2) is 73.1 Å². The summed E-state index contributed by atoms with van der Waals surface area (Å²) in [7, 11) is 0. The molecule has 2 atom stereocenters. The first kappa shape index (κ1) is 29.2. The number of fused-ring (bicyclic) bond motifs is 3. The largest absolute Gasteiger partial charge is 0.436 e. The SMILES string of the molecule is CCOC(CN(C(=O)C(OC(N)=O)C(CC1c2ccccc2-c2ccccc21)c1cccnc1)C(C)C)OCC. The number of hydrogen-bond donors (Lipinski definition) is 1. The summed E-state index contributed by atoms with van der Waals surface area (Å²) in [6, 6.07) is 20.2. The number of amides is 2. The topological polar surface area (TPSA) is 104 Å². The van der Waals surface area contributed by atoms with Crippen LogP contribution in [0, 0.1) is 0 Å². The van der Waals surface area contributed by atoms with Crippen molar-refractivity contribution in [2.45, 2.75) is 64.4 Å². The molecule has 2 amide bonds. The predicted molar refractivity (Wildman–Crippen MR) is 154 cm³/mol. The van der Waals surface area contributed by atoms with Gasteiger partial charge in [0.15, 0.2) is 12.4 Å². The predicted octanol–water partition coefficient (Wildman–Crippen LogP) is 5.47. The van der Waals surface area contributed by atoms with Crippen molar-refractivity contribution < 1.29 is 23.8 Å². The Morgan fingerprint density at radius 2 is 1.52 bits per heavy atom. The van der Waals surface area contributed by atoms with Crippen LogP contribution in [0.1, 0.15) is 62.6 Å². The lowest BCUT2D eigenvalue weighted by molar-refractivity contribution is -0.167. The van der Waals surface area contributed by atoms with Gasteiger partial charge in [-0.3, -0.25) is 9.78 Å². The van der Waals surface area contributed by atoms with Crippen LogP contribution in [0.4, 0.5) is 4.79 Å². The summed E-state index contributed by atoms with van der Waals surface area (Å²) >= 11 is 0. The molecule has 1 aromatic heterocycles. The molecule has 8 heteroatoms. The highest BCUT2D eigenvalue weighted by Gasteiger charge is 2.41. The molecule has 0 saturated heterocycles. The van der Waals surface area contributed by atoms with Crippen molar-refractivity contribution in [3.8, 4) is 11.1 Å². The molecule has 4 rings (SSSR count). The molecule has 3 aromatic rings. The van der Waals surface area contributed by atoms with Gasteiger partial charge >= 0.3 is 6.09 Å². The van der Waals surface area contributed by atoms with Crippen LogP contribution in [0.3, 0.4) is 0 Å². The van der Waals surface area contributed by atoms with E-state index in [2.05, 4.69) is 29.2 Å². The summed E-state index contributed by atoms with van der Waals surface area (Å²) < 4.78 is 17.2. The van der Waals surface area contributed by atoms with Gasteiger partial charge in [-0.2, -0.15) is 0 Å². The van der Waals surface area contributed by atoms with Crippen LogP contribution in [0.2, 0.25) is 0 Å². The lowest BCUT2D eigenvalue weighted by atomic mass is 9.81. The third-order valence-electron chi connectivity index (χ3n) is 7.37. The summed E-state index contributed by atoms with van der Waals surface area (Å²) in [5.74, 6) is -0.889. The minimum Gasteiger partial charge on any atom is -0.436 e. The standard InChI is InChI=1S/C32H39N3O5/c1-5-38-29(39-6-2)20-35(21(3)4)31(36)30(40-32(33)37)27(22-12-11-17-34-19-22)18-28-25-15-9-7-13-23(25)24-14-8-10-16-26(24)28/h7-17,19,21,27-30H,5-6,18,20H2,1-4H3,(H2,33,37). The van der Waals surface area contributed by atoms with E-state index in [0.717, 1.165) is 5.56 Å². The van der Waals surface area contributed by atoms with E-state index >= 15 is 0 Å². The average Bonchev–Trinajstić information content (AvgIpc) is 3.27. The maximum Gasteiger partial charge on any atom is 0.405 e. The first-order chi connectivity index (χ1) is 19.3. The smallest absolute Gasteiger partial charge is 0.405 e. The number of aromatic nitrogens is 1. The number of pyridine rings is 1. The second-order valence-corrected chi connectivity index (χ2v) is 10.1. The summed E-state index contributed by atoms with van der Waals surface area (Å²) in [6.45, 7) is 8.64. The molecule has 2 aromatic carbocycles. The summed E-state index contributed by atoms with van der Waals surface area (Å²) in [6.07, 6.45) is 1.13. The van der Waals surface area contributed by atoms with Crippen molar-refractivity contribution in [2.24, 2.45) is 5.73 Å². The van der Waals surface area contributed by atoms with Crippen LogP contribution >= 0.6 is 0 Å². The molecule has 1 heterocycles. The van der Waals surface area contributed by atoms with E-state index in [-0.39, 0.29) is 24.4 Å². The highest BCUT2D eigenvalue weighted by molar-refractivity contribution is 5.85. The zero-order valence-corrected chi connectivity index (χ0v) is 23.7. The van der Waals surface area contributed by atoms with E-state index in [0.29, 0.717) is 19.6 Å². The van der Waals surface area contributed by atoms with Gasteiger partial charge in [0.2, 0.25) is 0 Å². The van der Waals surface area contributed by atoms with Crippen LogP contribution in [-0.2, 0) is 19.0 Å². The van der Waals surface area contributed by atoms with E-state index < -0.39 is 24.4 Å². The third kappa shape index (κ3) is 6.51. The second kappa shape index (κ2) is 13.5. The van der Waals surface area contributed by atoms with Crippen LogP contribution in [-0.4, -0.2) is 60.1 Å². The Balaban J connectivity index is 1.76. The van der Waals surface area contributed by atoms with Crippen molar-refractivity contribution in [3.05, 3.63) is 89.7 Å². The zero-order chi connectivity index (χ0) is 28.6. The molecule has 0 aliphatic heterocycles. The Hall–Kier alpha value is -3.75. The second-order valence-electron chi connectivity index (χ2n) is 10.1. The van der Waals surface area contributed by atoms with Gasteiger partial charge in [-0.25, -0.2) is 4.79 Å². The van der Waals surface area contributed by atoms with Gasteiger partial charge < -0.3 is 24.8 Å². The van der Waals surface area contributed by atoms with E-state index in [1.54, 1.807) is 17.3 Å². The lowest BCUT2D eigenvalue weighted by Crippen LogP contribution is -2.51. The van der Waals surface area contributed by atoms with Crippen LogP contribution in [0.25, 0.3) is 11.1 Å². The Bertz CT molecular complexity index is 1230. The fourth-order valence-corrected chi connectivity index (χ4v) is 5.63. The first-order valence-electron chi connectivity index (χ1n) is 13.9. The molecule has 0 saturated carbocycles. The molecule has 212 valence electrons. The maximum absolute atomic E-state index is 14.3. The first-order valence-corrected chi connectivity index (χ1v) is 13.9. The molecule has 2 unspecified atom stereocenters. The van der Waals surface area contributed by atoms with Gasteiger partial charge in [0.25, 0.3) is 5.91 Å². The molecular formula is C32H39N3O5. The maximum atomic E-state index is 14.3. The molecule has 0 bridgehead atoms. The molecule has 2 N–H and O–H groups in total. The quantitative estimate of drug-likeness (QED) is 0.286. The number of rotatable bonds is 13. The number of hydrogen-bond acceptors (Lipinski definition) is 6. The van der Waals surface area contributed by atoms with Crippen molar-refractivity contribution >= 4 is 12.0 Å². The number of benzene rings is 2. The molecule has 0 fully saturated rings. The van der Waals surface area contributed by atoms with E-state index in [1.165, 1.54) is 22.3 Å². The van der Waals surface area contributed by atoms with Crippen molar-refractivity contribution in [1.29, 1.82) is 0 Å². The summed E-state index contributed by atoms with van der Waals surface area (Å²) in [5, 5.41) is 0. The fraction of sp³-hybridized carbons (Fsp3) is 0.406. The molecule has 1 aliphatic carbocycles. The number of nitrogens with two attached hydrogens (primary N) is 1. The highest BCUT2D eigenvalue weighted by atomic mass is 16.7. The Kier molecular flexibility index (Phi) is 9.90. The molecule has 1 aliphatic rings. The molecule has 8 nitrogen and oxygen atoms in total. The van der Waals surface area contributed by atoms with Crippen LogP contribution < -0.4 is 5.73 Å². The monoisotopic (exact) mass is 545 g/mol. The van der Waals surface area contributed by atoms with Crippen molar-refractivity contribution in [1.82, 2.24) is 9.88 Å². The normalized spacial score (nSPS) is 14.1. The Morgan fingerprint density at radius 1 is 0.925 bits per heavy atom. The molecule has 0 spiro atoms. The Morgan fingerprint density at radius 3 is 2.02 bits per heavy atom. The third-order valence-corrected chi connectivity index (χ3v) is 7.37. The van der Waals surface area contributed by atoms with Crippen LogP contribution in [0.5, 0.6) is 0 Å². The van der Waals surface area contributed by atoms with Gasteiger partial charge in [0, 0.05) is 43.5 Å². The fourth-order valence-electron chi connectivity index (χ4n) is 5.63.